The van der Waals surface area contributed by atoms with Crippen LogP contribution in [0.25, 0.3) is 0 Å². The Morgan fingerprint density at radius 3 is 2.52 bits per heavy atom. The van der Waals surface area contributed by atoms with Gasteiger partial charge in [-0.15, -0.1) is 11.3 Å². The monoisotopic (exact) mass is 325 g/mol. The molecule has 0 aliphatic carbocycles. The molecule has 0 saturated heterocycles. The molecule has 1 aromatic heterocycles. The summed E-state index contributed by atoms with van der Waals surface area (Å²) in [4.78, 5) is 0.687. The fourth-order valence-electron chi connectivity index (χ4n) is 1.98. The number of sulfonamides is 1. The summed E-state index contributed by atoms with van der Waals surface area (Å²) in [6, 6.07) is 11.4. The number of hydrogen-bond donors (Lipinski definition) is 2. The smallest absolute Gasteiger partial charge is 0.250 e. The first-order valence-electron chi connectivity index (χ1n) is 6.69. The Morgan fingerprint density at radius 1 is 1.29 bits per heavy atom. The largest absolute Gasteiger partial charge is 0.391 e. The first kappa shape index (κ1) is 16.2. The van der Waals surface area contributed by atoms with Crippen LogP contribution in [0.2, 0.25) is 0 Å². The predicted molar refractivity (Wildman–Crippen MR) is 85.0 cm³/mol. The van der Waals surface area contributed by atoms with Crippen molar-refractivity contribution in [2.75, 3.05) is 6.54 Å². The second-order valence-corrected chi connectivity index (χ2v) is 8.12. The van der Waals surface area contributed by atoms with Crippen LogP contribution < -0.4 is 4.72 Å². The van der Waals surface area contributed by atoms with Gasteiger partial charge in [-0.2, -0.15) is 0 Å². The molecular formula is C15H19NO3S2. The van der Waals surface area contributed by atoms with Gasteiger partial charge in [-0.25, -0.2) is 13.1 Å². The number of thiophene rings is 1. The standard InChI is InChI=1S/C15H19NO3S2/c1-11-8-15(20-14(11)10-17)21(18,19)16-9-12(2)13-6-4-3-5-7-13/h3-8,12,16-17H,9-10H2,1-2H3. The quantitative estimate of drug-likeness (QED) is 0.858. The molecule has 0 saturated carbocycles. The molecule has 1 aromatic carbocycles. The molecule has 21 heavy (non-hydrogen) atoms. The Labute approximate surface area is 129 Å². The predicted octanol–water partition coefficient (Wildman–Crippen LogP) is 2.63. The van der Waals surface area contributed by atoms with E-state index in [1.807, 2.05) is 37.3 Å². The van der Waals surface area contributed by atoms with Crippen LogP contribution in [0, 0.1) is 6.92 Å². The fourth-order valence-corrected chi connectivity index (χ4v) is 4.61. The van der Waals surface area contributed by atoms with E-state index >= 15 is 0 Å². The molecule has 4 nitrogen and oxygen atoms in total. The molecule has 1 heterocycles. The summed E-state index contributed by atoms with van der Waals surface area (Å²) < 4.78 is 27.4. The zero-order valence-electron chi connectivity index (χ0n) is 12.0. The molecule has 0 radical (unpaired) electrons. The van der Waals surface area contributed by atoms with E-state index in [0.29, 0.717) is 11.4 Å². The van der Waals surface area contributed by atoms with Gasteiger partial charge in [-0.05, 0) is 30.0 Å². The first-order chi connectivity index (χ1) is 9.94. The maximum atomic E-state index is 12.3. The summed E-state index contributed by atoms with van der Waals surface area (Å²) in [7, 11) is -3.52. The van der Waals surface area contributed by atoms with Crippen LogP contribution in [-0.2, 0) is 16.6 Å². The van der Waals surface area contributed by atoms with Gasteiger partial charge >= 0.3 is 0 Å². The second-order valence-electron chi connectivity index (χ2n) is 4.99. The van der Waals surface area contributed by atoms with Crippen LogP contribution in [0.15, 0.2) is 40.6 Å². The summed E-state index contributed by atoms with van der Waals surface area (Å²) >= 11 is 1.11. The molecule has 0 aliphatic rings. The lowest BCUT2D eigenvalue weighted by Gasteiger charge is -2.12. The number of benzene rings is 1. The molecular weight excluding hydrogens is 306 g/mol. The highest BCUT2D eigenvalue weighted by molar-refractivity contribution is 7.91. The molecule has 6 heteroatoms. The Morgan fingerprint density at radius 2 is 1.95 bits per heavy atom. The Kier molecular flexibility index (Phi) is 5.16. The molecule has 0 bridgehead atoms. The molecule has 2 aromatic rings. The highest BCUT2D eigenvalue weighted by Gasteiger charge is 2.19. The van der Waals surface area contributed by atoms with E-state index in [9.17, 15) is 8.42 Å². The molecule has 1 unspecified atom stereocenters. The van der Waals surface area contributed by atoms with E-state index in [4.69, 9.17) is 5.11 Å². The molecule has 0 fully saturated rings. The van der Waals surface area contributed by atoms with Crippen LogP contribution in [-0.4, -0.2) is 20.1 Å². The van der Waals surface area contributed by atoms with Crippen LogP contribution in [0.5, 0.6) is 0 Å². The number of aliphatic hydroxyl groups excluding tert-OH is 1. The number of aliphatic hydroxyl groups is 1. The SMILES string of the molecule is Cc1cc(S(=O)(=O)NCC(C)c2ccccc2)sc1CO. The van der Waals surface area contributed by atoms with Crippen LogP contribution in [0.3, 0.4) is 0 Å². The average molecular weight is 325 g/mol. The Hall–Kier alpha value is -1.21. The summed E-state index contributed by atoms with van der Waals surface area (Å²) in [5, 5.41) is 9.16. The van der Waals surface area contributed by atoms with Crippen molar-refractivity contribution in [2.24, 2.45) is 0 Å². The van der Waals surface area contributed by atoms with E-state index in [1.54, 1.807) is 13.0 Å². The zero-order valence-corrected chi connectivity index (χ0v) is 13.7. The van der Waals surface area contributed by atoms with Crippen molar-refractivity contribution >= 4 is 21.4 Å². The Balaban J connectivity index is 2.07. The number of nitrogens with one attached hydrogen (secondary N) is 1. The minimum Gasteiger partial charge on any atom is -0.391 e. The lowest BCUT2D eigenvalue weighted by molar-refractivity contribution is 0.285. The Bertz CT molecular complexity index is 693. The minimum absolute atomic E-state index is 0.0966. The van der Waals surface area contributed by atoms with Crippen molar-refractivity contribution in [1.82, 2.24) is 4.72 Å². The maximum absolute atomic E-state index is 12.3. The molecule has 0 amide bonds. The molecule has 114 valence electrons. The van der Waals surface area contributed by atoms with Crippen LogP contribution >= 0.6 is 11.3 Å². The molecule has 2 rings (SSSR count). The first-order valence-corrected chi connectivity index (χ1v) is 8.99. The van der Waals surface area contributed by atoms with Gasteiger partial charge in [0.05, 0.1) is 6.61 Å². The van der Waals surface area contributed by atoms with E-state index in [-0.39, 0.29) is 16.7 Å². The van der Waals surface area contributed by atoms with Gasteiger partial charge in [0.2, 0.25) is 10.0 Å². The fraction of sp³-hybridized carbons (Fsp3) is 0.333. The molecule has 1 atom stereocenters. The number of hydrogen-bond acceptors (Lipinski definition) is 4. The third kappa shape index (κ3) is 3.91. The summed E-state index contributed by atoms with van der Waals surface area (Å²) in [5.41, 5.74) is 1.90. The van der Waals surface area contributed by atoms with Crippen molar-refractivity contribution in [3.63, 3.8) is 0 Å². The van der Waals surface area contributed by atoms with E-state index in [1.165, 1.54) is 0 Å². The van der Waals surface area contributed by atoms with Gasteiger partial charge in [0.15, 0.2) is 0 Å². The third-order valence-corrected chi connectivity index (χ3v) is 6.47. The maximum Gasteiger partial charge on any atom is 0.250 e. The van der Waals surface area contributed by atoms with Crippen LogP contribution in [0.4, 0.5) is 0 Å². The summed E-state index contributed by atoms with van der Waals surface area (Å²) in [6.07, 6.45) is 0. The van der Waals surface area contributed by atoms with Crippen molar-refractivity contribution in [2.45, 2.75) is 30.6 Å². The minimum atomic E-state index is -3.52. The molecule has 0 spiro atoms. The third-order valence-electron chi connectivity index (χ3n) is 3.35. The lowest BCUT2D eigenvalue weighted by atomic mass is 10.0. The van der Waals surface area contributed by atoms with Crippen molar-refractivity contribution in [1.29, 1.82) is 0 Å². The highest BCUT2D eigenvalue weighted by Crippen LogP contribution is 2.26. The van der Waals surface area contributed by atoms with E-state index < -0.39 is 10.0 Å². The molecule has 0 aliphatic heterocycles. The topological polar surface area (TPSA) is 66.4 Å². The molecule has 2 N–H and O–H groups in total. The number of aryl methyl sites for hydroxylation is 1. The van der Waals surface area contributed by atoms with E-state index in [2.05, 4.69) is 4.72 Å². The second kappa shape index (κ2) is 6.70. The number of rotatable bonds is 6. The zero-order chi connectivity index (χ0) is 15.5. The lowest BCUT2D eigenvalue weighted by Crippen LogP contribution is -2.27. The van der Waals surface area contributed by atoms with Gasteiger partial charge < -0.3 is 5.11 Å². The van der Waals surface area contributed by atoms with Crippen molar-refractivity contribution in [3.8, 4) is 0 Å². The average Bonchev–Trinajstić information content (AvgIpc) is 2.88. The van der Waals surface area contributed by atoms with Gasteiger partial charge in [0, 0.05) is 11.4 Å². The van der Waals surface area contributed by atoms with Gasteiger partial charge in [0.25, 0.3) is 0 Å². The van der Waals surface area contributed by atoms with Gasteiger partial charge in [-0.1, -0.05) is 37.3 Å². The van der Waals surface area contributed by atoms with Crippen molar-refractivity contribution < 1.29 is 13.5 Å². The van der Waals surface area contributed by atoms with Gasteiger partial charge in [0.1, 0.15) is 4.21 Å². The van der Waals surface area contributed by atoms with Crippen LogP contribution in [0.1, 0.15) is 28.8 Å². The van der Waals surface area contributed by atoms with Gasteiger partial charge in [-0.3, -0.25) is 0 Å². The summed E-state index contributed by atoms with van der Waals surface area (Å²) in [6.45, 7) is 3.99. The normalized spacial score (nSPS) is 13.3. The van der Waals surface area contributed by atoms with E-state index in [0.717, 1.165) is 22.5 Å². The highest BCUT2D eigenvalue weighted by atomic mass is 32.2. The summed E-state index contributed by atoms with van der Waals surface area (Å²) in [5.74, 6) is 0.0966. The van der Waals surface area contributed by atoms with Crippen molar-refractivity contribution in [3.05, 3.63) is 52.4 Å².